The van der Waals surface area contributed by atoms with E-state index in [1.165, 1.54) is 31.3 Å². The van der Waals surface area contributed by atoms with Gasteiger partial charge in [0, 0.05) is 6.42 Å². The lowest BCUT2D eigenvalue weighted by atomic mass is 9.65. The molecule has 1 rings (SSSR count). The highest BCUT2D eigenvalue weighted by molar-refractivity contribution is 6.83. The Kier molecular flexibility index (Phi) is 4.67. The summed E-state index contributed by atoms with van der Waals surface area (Å²) in [6.45, 7) is 16.0. The van der Waals surface area contributed by atoms with E-state index in [2.05, 4.69) is 51.5 Å². The molecule has 1 saturated carbocycles. The molecule has 0 radical (unpaired) electrons. The molecule has 0 amide bonds. The largest absolute Gasteiger partial charge is 0.132 e. The highest BCUT2D eigenvalue weighted by atomic mass is 28.3. The van der Waals surface area contributed by atoms with E-state index in [-0.39, 0.29) is 0 Å². The van der Waals surface area contributed by atoms with Gasteiger partial charge in [-0.05, 0) is 37.0 Å². The highest BCUT2D eigenvalue weighted by Crippen LogP contribution is 2.45. The molecule has 1 unspecified atom stereocenters. The minimum Gasteiger partial charge on any atom is -0.132 e. The summed E-state index contributed by atoms with van der Waals surface area (Å²) in [5.41, 5.74) is 5.37. The second-order valence-corrected chi connectivity index (χ2v) is 11.9. The van der Waals surface area contributed by atoms with Crippen LogP contribution in [0.5, 0.6) is 0 Å². The van der Waals surface area contributed by atoms with Gasteiger partial charge in [0.2, 0.25) is 0 Å². The van der Waals surface area contributed by atoms with E-state index in [0.29, 0.717) is 11.3 Å². The average Bonchev–Trinajstić information content (AvgIpc) is 2.13. The molecule has 0 aromatic rings. The molecule has 1 atom stereocenters. The van der Waals surface area contributed by atoms with Crippen molar-refractivity contribution in [1.82, 2.24) is 0 Å². The molecule has 1 aliphatic rings. The summed E-state index contributed by atoms with van der Waals surface area (Å²) in [5.74, 6) is 4.09. The van der Waals surface area contributed by atoms with Crippen LogP contribution in [-0.2, 0) is 0 Å². The Morgan fingerprint density at radius 3 is 2.53 bits per heavy atom. The summed E-state index contributed by atoms with van der Waals surface area (Å²) in [5, 5.41) is 0. The predicted molar refractivity (Wildman–Crippen MR) is 80.6 cm³/mol. The fraction of sp³-hybridized carbons (Fsp3) is 0.750. The molecule has 1 aliphatic carbocycles. The number of hydrogen-bond donors (Lipinski definition) is 0. The quantitative estimate of drug-likeness (QED) is 0.365. The Hall–Kier alpha value is -0.483. The van der Waals surface area contributed by atoms with Crippen molar-refractivity contribution in [2.75, 3.05) is 0 Å². The van der Waals surface area contributed by atoms with Crippen molar-refractivity contribution >= 4 is 8.07 Å². The lowest BCUT2D eigenvalue weighted by Gasteiger charge is -2.40. The molecule has 1 heteroatoms. The SMILES string of the molecule is C=C1CCCC(C)(C)C1CCC#C[Si](C)(C)C. The van der Waals surface area contributed by atoms with Crippen LogP contribution in [0.1, 0.15) is 46.0 Å². The van der Waals surface area contributed by atoms with Gasteiger partial charge in [-0.15, -0.1) is 11.5 Å². The topological polar surface area (TPSA) is 0 Å². The summed E-state index contributed by atoms with van der Waals surface area (Å²) in [7, 11) is -1.18. The van der Waals surface area contributed by atoms with Crippen LogP contribution in [0.2, 0.25) is 19.6 Å². The summed E-state index contributed by atoms with van der Waals surface area (Å²) in [6.07, 6.45) is 6.16. The zero-order chi connectivity index (χ0) is 13.1. The lowest BCUT2D eigenvalue weighted by Crippen LogP contribution is -2.29. The smallest absolute Gasteiger partial charge is 0.129 e. The number of rotatable bonds is 2. The van der Waals surface area contributed by atoms with Crippen molar-refractivity contribution in [3.05, 3.63) is 12.2 Å². The highest BCUT2D eigenvalue weighted by Gasteiger charge is 2.33. The molecular weight excluding hydrogens is 220 g/mol. The van der Waals surface area contributed by atoms with Gasteiger partial charge in [-0.2, -0.15) is 0 Å². The van der Waals surface area contributed by atoms with E-state index in [1.54, 1.807) is 0 Å². The fourth-order valence-electron chi connectivity index (χ4n) is 2.81. The van der Waals surface area contributed by atoms with E-state index < -0.39 is 8.07 Å². The predicted octanol–water partition coefficient (Wildman–Crippen LogP) is 5.03. The summed E-state index contributed by atoms with van der Waals surface area (Å²) < 4.78 is 0. The molecule has 0 aromatic heterocycles. The van der Waals surface area contributed by atoms with E-state index >= 15 is 0 Å². The van der Waals surface area contributed by atoms with Gasteiger partial charge >= 0.3 is 0 Å². The Balaban J connectivity index is 2.54. The van der Waals surface area contributed by atoms with E-state index in [4.69, 9.17) is 0 Å². The molecule has 0 aliphatic heterocycles. The Morgan fingerprint density at radius 1 is 1.35 bits per heavy atom. The zero-order valence-electron chi connectivity index (χ0n) is 12.3. The van der Waals surface area contributed by atoms with Gasteiger partial charge < -0.3 is 0 Å². The minimum absolute atomic E-state index is 0.441. The van der Waals surface area contributed by atoms with Gasteiger partial charge in [-0.25, -0.2) is 0 Å². The van der Waals surface area contributed by atoms with Crippen LogP contribution in [0.15, 0.2) is 12.2 Å². The summed E-state index contributed by atoms with van der Waals surface area (Å²) in [6, 6.07) is 0. The van der Waals surface area contributed by atoms with Gasteiger partial charge in [0.05, 0.1) is 0 Å². The van der Waals surface area contributed by atoms with Gasteiger partial charge in [0.1, 0.15) is 8.07 Å². The van der Waals surface area contributed by atoms with Crippen LogP contribution in [-0.4, -0.2) is 8.07 Å². The zero-order valence-corrected chi connectivity index (χ0v) is 13.3. The van der Waals surface area contributed by atoms with E-state index in [1.807, 2.05) is 0 Å². The first-order valence-electron chi connectivity index (χ1n) is 6.90. The molecule has 1 fully saturated rings. The maximum atomic E-state index is 4.28. The summed E-state index contributed by atoms with van der Waals surface area (Å²) in [4.78, 5) is 0. The first-order chi connectivity index (χ1) is 7.72. The molecule has 0 spiro atoms. The molecule has 0 N–H and O–H groups in total. The van der Waals surface area contributed by atoms with Crippen molar-refractivity contribution in [1.29, 1.82) is 0 Å². The Bertz CT molecular complexity index is 333. The molecule has 17 heavy (non-hydrogen) atoms. The second kappa shape index (κ2) is 5.44. The molecule has 0 saturated heterocycles. The van der Waals surface area contributed by atoms with Crippen LogP contribution in [0, 0.1) is 22.8 Å². The Morgan fingerprint density at radius 2 is 2.00 bits per heavy atom. The molecule has 0 heterocycles. The third-order valence-corrected chi connectivity index (χ3v) is 4.70. The second-order valence-electron chi connectivity index (χ2n) is 7.14. The van der Waals surface area contributed by atoms with E-state index in [9.17, 15) is 0 Å². The molecule has 96 valence electrons. The third kappa shape index (κ3) is 4.72. The van der Waals surface area contributed by atoms with Crippen LogP contribution >= 0.6 is 0 Å². The normalized spacial score (nSPS) is 24.1. The van der Waals surface area contributed by atoms with Crippen molar-refractivity contribution in [3.63, 3.8) is 0 Å². The average molecular weight is 248 g/mol. The Labute approximate surface area is 109 Å². The third-order valence-electron chi connectivity index (χ3n) is 3.78. The maximum absolute atomic E-state index is 4.28. The number of hydrogen-bond acceptors (Lipinski definition) is 0. The molecule has 0 bridgehead atoms. The van der Waals surface area contributed by atoms with Crippen LogP contribution in [0.25, 0.3) is 0 Å². The van der Waals surface area contributed by atoms with Gasteiger partial charge in [-0.1, -0.05) is 45.6 Å². The fourth-order valence-corrected chi connectivity index (χ4v) is 3.47. The van der Waals surface area contributed by atoms with Crippen LogP contribution in [0.3, 0.4) is 0 Å². The lowest BCUT2D eigenvalue weighted by molar-refractivity contribution is 0.182. The first-order valence-corrected chi connectivity index (χ1v) is 10.4. The molecular formula is C16H28Si. The van der Waals surface area contributed by atoms with Crippen LogP contribution < -0.4 is 0 Å². The van der Waals surface area contributed by atoms with Crippen molar-refractivity contribution in [2.45, 2.75) is 65.6 Å². The number of allylic oxidation sites excluding steroid dienone is 1. The van der Waals surface area contributed by atoms with Gasteiger partial charge in [-0.3, -0.25) is 0 Å². The van der Waals surface area contributed by atoms with Crippen molar-refractivity contribution < 1.29 is 0 Å². The summed E-state index contributed by atoms with van der Waals surface area (Å²) >= 11 is 0. The monoisotopic (exact) mass is 248 g/mol. The standard InChI is InChI=1S/C16H28Si/c1-14-10-9-12-16(2,3)15(14)11-7-8-13-17(4,5)6/h15H,1,7,9-12H2,2-6H3. The van der Waals surface area contributed by atoms with Crippen molar-refractivity contribution in [3.8, 4) is 11.5 Å². The first kappa shape index (κ1) is 14.6. The van der Waals surface area contributed by atoms with Crippen LogP contribution in [0.4, 0.5) is 0 Å². The van der Waals surface area contributed by atoms with Gasteiger partial charge in [0.25, 0.3) is 0 Å². The van der Waals surface area contributed by atoms with E-state index in [0.717, 1.165) is 6.42 Å². The molecule has 0 nitrogen and oxygen atoms in total. The maximum Gasteiger partial charge on any atom is 0.129 e. The van der Waals surface area contributed by atoms with Gasteiger partial charge in [0.15, 0.2) is 0 Å². The minimum atomic E-state index is -1.18. The molecule has 0 aromatic carbocycles. The van der Waals surface area contributed by atoms with Crippen molar-refractivity contribution in [2.24, 2.45) is 11.3 Å².